The highest BCUT2D eigenvalue weighted by Crippen LogP contribution is 2.33. The first kappa shape index (κ1) is 14.9. The second-order valence-electron chi connectivity index (χ2n) is 6.30. The third-order valence-electron chi connectivity index (χ3n) is 4.64. The molecule has 2 aliphatic rings. The molecule has 0 bridgehead atoms. The van der Waals surface area contributed by atoms with Crippen molar-refractivity contribution >= 4 is 17.5 Å². The molecule has 1 aliphatic carbocycles. The first-order chi connectivity index (χ1) is 10.6. The van der Waals surface area contributed by atoms with E-state index in [0.717, 1.165) is 38.8 Å². The summed E-state index contributed by atoms with van der Waals surface area (Å²) in [6, 6.07) is 7.77. The van der Waals surface area contributed by atoms with E-state index in [0.29, 0.717) is 17.3 Å². The van der Waals surface area contributed by atoms with Gasteiger partial charge in [-0.15, -0.1) is 0 Å². The molecule has 1 heterocycles. The van der Waals surface area contributed by atoms with Gasteiger partial charge in [0, 0.05) is 43.3 Å². The fourth-order valence-electron chi connectivity index (χ4n) is 3.22. The van der Waals surface area contributed by atoms with Crippen molar-refractivity contribution in [2.45, 2.75) is 44.7 Å². The number of piperidine rings is 1. The molecule has 2 amide bonds. The first-order valence-electron chi connectivity index (χ1n) is 8.00. The van der Waals surface area contributed by atoms with Crippen LogP contribution < -0.4 is 5.73 Å². The summed E-state index contributed by atoms with van der Waals surface area (Å²) in [4.78, 5) is 28.2. The summed E-state index contributed by atoms with van der Waals surface area (Å²) in [6.07, 6.45) is 3.93. The third-order valence-corrected chi connectivity index (χ3v) is 4.64. The zero-order valence-electron chi connectivity index (χ0n) is 13.0. The molecule has 118 valence electrons. The van der Waals surface area contributed by atoms with Crippen LogP contribution in [0.5, 0.6) is 0 Å². The van der Waals surface area contributed by atoms with Crippen LogP contribution in [0.2, 0.25) is 0 Å². The maximum Gasteiger partial charge on any atom is 0.254 e. The Morgan fingerprint density at radius 3 is 2.09 bits per heavy atom. The van der Waals surface area contributed by atoms with Gasteiger partial charge < -0.3 is 15.5 Å². The number of nitrogens with two attached hydrogens (primary N) is 1. The average Bonchev–Trinajstić information content (AvgIpc) is 3.33. The lowest BCUT2D eigenvalue weighted by Crippen LogP contribution is -2.49. The smallest absolute Gasteiger partial charge is 0.254 e. The van der Waals surface area contributed by atoms with Crippen LogP contribution in [0.4, 0.5) is 5.69 Å². The van der Waals surface area contributed by atoms with Crippen LogP contribution in [0.3, 0.4) is 0 Å². The molecule has 5 nitrogen and oxygen atoms in total. The SMILES string of the molecule is CC(=O)N1CCC(N(C(=O)c2ccc(N)cc2)C2CC2)CC1. The van der Waals surface area contributed by atoms with E-state index in [9.17, 15) is 9.59 Å². The van der Waals surface area contributed by atoms with E-state index in [1.54, 1.807) is 31.2 Å². The molecule has 0 radical (unpaired) electrons. The number of hydrogen-bond donors (Lipinski definition) is 1. The number of carbonyl (C=O) groups is 2. The summed E-state index contributed by atoms with van der Waals surface area (Å²) in [5, 5.41) is 0. The van der Waals surface area contributed by atoms with E-state index < -0.39 is 0 Å². The minimum absolute atomic E-state index is 0.101. The Morgan fingerprint density at radius 2 is 1.59 bits per heavy atom. The summed E-state index contributed by atoms with van der Waals surface area (Å²) < 4.78 is 0. The maximum atomic E-state index is 12.9. The van der Waals surface area contributed by atoms with Crippen LogP contribution in [0.25, 0.3) is 0 Å². The Bertz CT molecular complexity index is 558. The lowest BCUT2D eigenvalue weighted by Gasteiger charge is -2.38. The van der Waals surface area contributed by atoms with Crippen LogP contribution in [-0.2, 0) is 4.79 Å². The van der Waals surface area contributed by atoms with Gasteiger partial charge in [0.2, 0.25) is 5.91 Å². The summed E-state index contributed by atoms with van der Waals surface area (Å²) >= 11 is 0. The van der Waals surface area contributed by atoms with Crippen molar-refractivity contribution < 1.29 is 9.59 Å². The number of hydrogen-bond acceptors (Lipinski definition) is 3. The Labute approximate surface area is 131 Å². The van der Waals surface area contributed by atoms with Crippen LogP contribution in [0.15, 0.2) is 24.3 Å². The van der Waals surface area contributed by atoms with Crippen molar-refractivity contribution in [2.24, 2.45) is 0 Å². The zero-order chi connectivity index (χ0) is 15.7. The maximum absolute atomic E-state index is 12.9. The van der Waals surface area contributed by atoms with Gasteiger partial charge in [-0.3, -0.25) is 9.59 Å². The minimum atomic E-state index is 0.101. The highest BCUT2D eigenvalue weighted by molar-refractivity contribution is 5.95. The fourth-order valence-corrected chi connectivity index (χ4v) is 3.22. The van der Waals surface area contributed by atoms with Crippen molar-refractivity contribution in [3.05, 3.63) is 29.8 Å². The van der Waals surface area contributed by atoms with Gasteiger partial charge in [-0.25, -0.2) is 0 Å². The molecule has 1 aromatic rings. The molecule has 1 aromatic carbocycles. The Morgan fingerprint density at radius 1 is 1.05 bits per heavy atom. The molecule has 0 unspecified atom stereocenters. The molecule has 3 rings (SSSR count). The largest absolute Gasteiger partial charge is 0.399 e. The normalized spacial score (nSPS) is 19.0. The zero-order valence-corrected chi connectivity index (χ0v) is 13.0. The Balaban J connectivity index is 1.72. The first-order valence-corrected chi connectivity index (χ1v) is 8.00. The highest BCUT2D eigenvalue weighted by atomic mass is 16.2. The number of rotatable bonds is 3. The van der Waals surface area contributed by atoms with Gasteiger partial charge in [0.1, 0.15) is 0 Å². The third kappa shape index (κ3) is 3.08. The average molecular weight is 301 g/mol. The fraction of sp³-hybridized carbons (Fsp3) is 0.529. The quantitative estimate of drug-likeness (QED) is 0.867. The minimum Gasteiger partial charge on any atom is -0.399 e. The monoisotopic (exact) mass is 301 g/mol. The molecule has 22 heavy (non-hydrogen) atoms. The molecule has 0 aromatic heterocycles. The predicted octanol–water partition coefficient (Wildman–Crippen LogP) is 1.88. The Kier molecular flexibility index (Phi) is 4.05. The number of nitrogen functional groups attached to an aromatic ring is 1. The van der Waals surface area contributed by atoms with Gasteiger partial charge >= 0.3 is 0 Å². The van der Waals surface area contributed by atoms with Gasteiger partial charge in [0.05, 0.1) is 0 Å². The van der Waals surface area contributed by atoms with Crippen molar-refractivity contribution in [1.29, 1.82) is 0 Å². The molecule has 2 N–H and O–H groups in total. The summed E-state index contributed by atoms with van der Waals surface area (Å²) in [7, 11) is 0. The Hall–Kier alpha value is -2.04. The van der Waals surface area contributed by atoms with E-state index in [1.165, 1.54) is 0 Å². The van der Waals surface area contributed by atoms with E-state index in [1.807, 2.05) is 4.90 Å². The van der Waals surface area contributed by atoms with Crippen LogP contribution in [0.1, 0.15) is 43.0 Å². The van der Waals surface area contributed by atoms with Crippen molar-refractivity contribution in [1.82, 2.24) is 9.80 Å². The lowest BCUT2D eigenvalue weighted by atomic mass is 10.0. The van der Waals surface area contributed by atoms with E-state index in [2.05, 4.69) is 4.90 Å². The molecule has 5 heteroatoms. The number of carbonyl (C=O) groups excluding carboxylic acids is 2. The second kappa shape index (κ2) is 5.99. The summed E-state index contributed by atoms with van der Waals surface area (Å²) in [5.41, 5.74) is 7.07. The highest BCUT2D eigenvalue weighted by Gasteiger charge is 2.39. The molecule has 2 fully saturated rings. The predicted molar refractivity (Wildman–Crippen MR) is 85.3 cm³/mol. The number of anilines is 1. The standard InChI is InChI=1S/C17H23N3O2/c1-12(21)19-10-8-16(9-11-19)20(15-6-7-15)17(22)13-2-4-14(18)5-3-13/h2-5,15-16H,6-11,18H2,1H3. The number of benzene rings is 1. The molecule has 1 saturated carbocycles. The van der Waals surface area contributed by atoms with Gasteiger partial charge in [-0.2, -0.15) is 0 Å². The van der Waals surface area contributed by atoms with Gasteiger partial charge in [0.25, 0.3) is 5.91 Å². The van der Waals surface area contributed by atoms with Gasteiger partial charge in [-0.05, 0) is 49.9 Å². The summed E-state index contributed by atoms with van der Waals surface area (Å²) in [5.74, 6) is 0.227. The van der Waals surface area contributed by atoms with E-state index >= 15 is 0 Å². The van der Waals surface area contributed by atoms with Crippen molar-refractivity contribution in [2.75, 3.05) is 18.8 Å². The molecule has 1 aliphatic heterocycles. The number of likely N-dealkylation sites (tertiary alicyclic amines) is 1. The van der Waals surface area contributed by atoms with Crippen molar-refractivity contribution in [3.63, 3.8) is 0 Å². The number of nitrogens with zero attached hydrogens (tertiary/aromatic N) is 2. The topological polar surface area (TPSA) is 66.6 Å². The van der Waals surface area contributed by atoms with Crippen molar-refractivity contribution in [3.8, 4) is 0 Å². The van der Waals surface area contributed by atoms with E-state index in [-0.39, 0.29) is 17.9 Å². The van der Waals surface area contributed by atoms with Crippen LogP contribution >= 0.6 is 0 Å². The number of amides is 2. The molecular formula is C17H23N3O2. The van der Waals surface area contributed by atoms with Gasteiger partial charge in [-0.1, -0.05) is 0 Å². The summed E-state index contributed by atoms with van der Waals surface area (Å²) in [6.45, 7) is 3.11. The van der Waals surface area contributed by atoms with Gasteiger partial charge in [0.15, 0.2) is 0 Å². The lowest BCUT2D eigenvalue weighted by molar-refractivity contribution is -0.130. The molecule has 0 atom stereocenters. The van der Waals surface area contributed by atoms with E-state index in [4.69, 9.17) is 5.73 Å². The molecule has 0 spiro atoms. The van der Waals surface area contributed by atoms with Crippen LogP contribution in [0, 0.1) is 0 Å². The second-order valence-corrected chi connectivity index (χ2v) is 6.30. The molecular weight excluding hydrogens is 278 g/mol. The molecule has 1 saturated heterocycles. The van der Waals surface area contributed by atoms with Crippen LogP contribution in [-0.4, -0.2) is 46.8 Å².